The molecule has 0 saturated heterocycles. The van der Waals surface area contributed by atoms with Crippen LogP contribution in [0.15, 0.2) is 33.7 Å². The molecular weight excluding hydrogens is 405 g/mol. The number of nitrogens with one attached hydrogen (secondary N) is 2. The van der Waals surface area contributed by atoms with Gasteiger partial charge in [0, 0.05) is 11.0 Å². The Morgan fingerprint density at radius 1 is 1.33 bits per heavy atom. The lowest BCUT2D eigenvalue weighted by Crippen LogP contribution is -2.37. The minimum atomic E-state index is 0. The Balaban J connectivity index is 0.00000289. The van der Waals surface area contributed by atoms with Crippen molar-refractivity contribution < 1.29 is 0 Å². The van der Waals surface area contributed by atoms with E-state index in [0.717, 1.165) is 22.5 Å². The second-order valence-electron chi connectivity index (χ2n) is 3.38. The summed E-state index contributed by atoms with van der Waals surface area (Å²) in [7, 11) is 0. The van der Waals surface area contributed by atoms with Crippen molar-refractivity contribution in [2.24, 2.45) is 4.99 Å². The molecule has 0 aliphatic carbocycles. The van der Waals surface area contributed by atoms with E-state index in [2.05, 4.69) is 37.5 Å². The van der Waals surface area contributed by atoms with Crippen LogP contribution in [0.5, 0.6) is 0 Å². The molecule has 2 N–H and O–H groups in total. The normalized spacial score (nSPS) is 10.2. The molecule has 0 spiro atoms. The fourth-order valence-electron chi connectivity index (χ4n) is 1.24. The minimum absolute atomic E-state index is 0. The van der Waals surface area contributed by atoms with Gasteiger partial charge in [0.05, 0.1) is 13.1 Å². The minimum Gasteiger partial charge on any atom is -0.357 e. The standard InChI is InChI=1S/C13H16BrN3.HI/c1-3-9-16-13(15-4-2)17-10-11-5-7-12(14)8-6-11;/h1,5-8H,4,9-10H2,2H3,(H2,15,16,17);1H. The highest BCUT2D eigenvalue weighted by Crippen LogP contribution is 2.10. The fourth-order valence-corrected chi connectivity index (χ4v) is 1.50. The predicted octanol–water partition coefficient (Wildman–Crippen LogP) is 2.76. The van der Waals surface area contributed by atoms with Crippen molar-refractivity contribution in [1.82, 2.24) is 10.6 Å². The summed E-state index contributed by atoms with van der Waals surface area (Å²) >= 11 is 3.40. The summed E-state index contributed by atoms with van der Waals surface area (Å²) in [6.45, 7) is 3.95. The van der Waals surface area contributed by atoms with E-state index in [0.29, 0.717) is 13.1 Å². The van der Waals surface area contributed by atoms with Crippen LogP contribution in [0.3, 0.4) is 0 Å². The SMILES string of the molecule is C#CCNC(=NCc1ccc(Br)cc1)NCC.I. The van der Waals surface area contributed by atoms with Crippen molar-refractivity contribution in [1.29, 1.82) is 0 Å². The maximum absolute atomic E-state index is 5.20. The van der Waals surface area contributed by atoms with Gasteiger partial charge in [-0.05, 0) is 24.6 Å². The van der Waals surface area contributed by atoms with Crippen molar-refractivity contribution in [2.45, 2.75) is 13.5 Å². The Bertz CT molecular complexity index is 409. The molecule has 18 heavy (non-hydrogen) atoms. The lowest BCUT2D eigenvalue weighted by molar-refractivity contribution is 0.865. The van der Waals surface area contributed by atoms with Crippen molar-refractivity contribution in [3.05, 3.63) is 34.3 Å². The number of hydrogen-bond donors (Lipinski definition) is 2. The van der Waals surface area contributed by atoms with E-state index in [9.17, 15) is 0 Å². The second-order valence-corrected chi connectivity index (χ2v) is 4.29. The quantitative estimate of drug-likeness (QED) is 0.339. The highest BCUT2D eigenvalue weighted by molar-refractivity contribution is 14.0. The molecule has 0 heterocycles. The first-order valence-electron chi connectivity index (χ1n) is 5.46. The first-order valence-corrected chi connectivity index (χ1v) is 6.25. The molecule has 0 saturated carbocycles. The molecular formula is C13H17BrIN3. The van der Waals surface area contributed by atoms with Crippen molar-refractivity contribution in [3.8, 4) is 12.3 Å². The predicted molar refractivity (Wildman–Crippen MR) is 91.2 cm³/mol. The molecule has 1 rings (SSSR count). The molecule has 1 aromatic rings. The van der Waals surface area contributed by atoms with Crippen LogP contribution < -0.4 is 10.6 Å². The molecule has 3 nitrogen and oxygen atoms in total. The molecule has 0 aliphatic rings. The Labute approximate surface area is 134 Å². The van der Waals surface area contributed by atoms with E-state index in [1.807, 2.05) is 31.2 Å². The largest absolute Gasteiger partial charge is 0.357 e. The summed E-state index contributed by atoms with van der Waals surface area (Å²) in [4.78, 5) is 4.43. The molecule has 0 bridgehead atoms. The number of hydrogen-bond acceptors (Lipinski definition) is 1. The second kappa shape index (κ2) is 10.2. The fraction of sp³-hybridized carbons (Fsp3) is 0.308. The zero-order valence-corrected chi connectivity index (χ0v) is 14.2. The summed E-state index contributed by atoms with van der Waals surface area (Å²) in [6, 6.07) is 8.09. The van der Waals surface area contributed by atoms with Gasteiger partial charge in [0.25, 0.3) is 0 Å². The average molecular weight is 422 g/mol. The van der Waals surface area contributed by atoms with E-state index in [-0.39, 0.29) is 24.0 Å². The summed E-state index contributed by atoms with van der Waals surface area (Å²) < 4.78 is 1.07. The van der Waals surface area contributed by atoms with Crippen LogP contribution in [0, 0.1) is 12.3 Å². The molecule has 5 heteroatoms. The first-order chi connectivity index (χ1) is 8.26. The third-order valence-corrected chi connectivity index (χ3v) is 2.56. The Hall–Kier alpha value is -0.740. The number of guanidine groups is 1. The van der Waals surface area contributed by atoms with Gasteiger partial charge in [0.2, 0.25) is 0 Å². The number of terminal acetylenes is 1. The summed E-state index contributed by atoms with van der Waals surface area (Å²) in [6.07, 6.45) is 5.20. The number of aliphatic imine (C=N–C) groups is 1. The van der Waals surface area contributed by atoms with Gasteiger partial charge in [0.1, 0.15) is 0 Å². The van der Waals surface area contributed by atoms with Gasteiger partial charge in [-0.3, -0.25) is 0 Å². The van der Waals surface area contributed by atoms with E-state index in [4.69, 9.17) is 6.42 Å². The maximum Gasteiger partial charge on any atom is 0.192 e. The molecule has 0 aromatic heterocycles. The zero-order valence-electron chi connectivity index (χ0n) is 10.2. The maximum atomic E-state index is 5.20. The Morgan fingerprint density at radius 2 is 2.00 bits per heavy atom. The van der Waals surface area contributed by atoms with E-state index >= 15 is 0 Å². The van der Waals surface area contributed by atoms with Crippen molar-refractivity contribution >= 4 is 45.9 Å². The van der Waals surface area contributed by atoms with Gasteiger partial charge in [-0.15, -0.1) is 30.4 Å². The highest BCUT2D eigenvalue weighted by Gasteiger charge is 1.95. The lowest BCUT2D eigenvalue weighted by Gasteiger charge is -2.08. The van der Waals surface area contributed by atoms with Gasteiger partial charge in [0.15, 0.2) is 5.96 Å². The van der Waals surface area contributed by atoms with Gasteiger partial charge >= 0.3 is 0 Å². The molecule has 0 amide bonds. The Kier molecular flexibility index (Phi) is 9.79. The van der Waals surface area contributed by atoms with Crippen LogP contribution >= 0.6 is 39.9 Å². The van der Waals surface area contributed by atoms with E-state index in [1.165, 1.54) is 0 Å². The molecule has 1 aromatic carbocycles. The molecule has 0 fully saturated rings. The monoisotopic (exact) mass is 421 g/mol. The third-order valence-electron chi connectivity index (χ3n) is 2.04. The van der Waals surface area contributed by atoms with Crippen LogP contribution in [0.25, 0.3) is 0 Å². The van der Waals surface area contributed by atoms with Crippen LogP contribution in [-0.2, 0) is 6.54 Å². The van der Waals surface area contributed by atoms with E-state index in [1.54, 1.807) is 0 Å². The third kappa shape index (κ3) is 6.87. The van der Waals surface area contributed by atoms with Crippen LogP contribution in [0.4, 0.5) is 0 Å². The van der Waals surface area contributed by atoms with Crippen LogP contribution in [0.2, 0.25) is 0 Å². The molecule has 98 valence electrons. The summed E-state index contributed by atoms with van der Waals surface area (Å²) in [5.41, 5.74) is 1.16. The topological polar surface area (TPSA) is 36.4 Å². The van der Waals surface area contributed by atoms with Crippen LogP contribution in [0.1, 0.15) is 12.5 Å². The van der Waals surface area contributed by atoms with Gasteiger partial charge in [-0.25, -0.2) is 4.99 Å². The Morgan fingerprint density at radius 3 is 2.56 bits per heavy atom. The smallest absolute Gasteiger partial charge is 0.192 e. The van der Waals surface area contributed by atoms with E-state index < -0.39 is 0 Å². The number of nitrogens with zero attached hydrogens (tertiary/aromatic N) is 1. The molecule has 0 atom stereocenters. The van der Waals surface area contributed by atoms with Gasteiger partial charge in [-0.1, -0.05) is 34.0 Å². The number of halogens is 2. The zero-order chi connectivity index (χ0) is 12.5. The molecule has 0 radical (unpaired) electrons. The van der Waals surface area contributed by atoms with Gasteiger partial charge in [-0.2, -0.15) is 0 Å². The molecule has 0 aliphatic heterocycles. The van der Waals surface area contributed by atoms with Crippen molar-refractivity contribution in [3.63, 3.8) is 0 Å². The number of benzene rings is 1. The lowest BCUT2D eigenvalue weighted by atomic mass is 10.2. The van der Waals surface area contributed by atoms with Crippen LogP contribution in [-0.4, -0.2) is 19.0 Å². The number of rotatable bonds is 4. The first kappa shape index (κ1) is 17.3. The van der Waals surface area contributed by atoms with Crippen molar-refractivity contribution in [2.75, 3.05) is 13.1 Å². The summed E-state index contributed by atoms with van der Waals surface area (Å²) in [5.74, 6) is 3.27. The average Bonchev–Trinajstić information content (AvgIpc) is 2.35. The summed E-state index contributed by atoms with van der Waals surface area (Å²) in [5, 5.41) is 6.18. The van der Waals surface area contributed by atoms with Gasteiger partial charge < -0.3 is 10.6 Å². The highest BCUT2D eigenvalue weighted by atomic mass is 127. The molecule has 0 unspecified atom stereocenters.